The number of hydrogen-bond acceptors (Lipinski definition) is 5. The molecule has 0 aliphatic heterocycles. The minimum atomic E-state index is -0.886. The number of nitrogens with one attached hydrogen (secondary N) is 2. The molecule has 2 amide bonds. The fraction of sp³-hybridized carbons (Fsp3) is 0.423. The molecule has 1 aliphatic rings. The van der Waals surface area contributed by atoms with E-state index in [4.69, 9.17) is 14.6 Å². The summed E-state index contributed by atoms with van der Waals surface area (Å²) in [5.41, 5.74) is 4.63. The van der Waals surface area contributed by atoms with Crippen LogP contribution in [0, 0.1) is 11.8 Å². The van der Waals surface area contributed by atoms with E-state index in [2.05, 4.69) is 34.9 Å². The summed E-state index contributed by atoms with van der Waals surface area (Å²) >= 11 is 0. The second-order valence-corrected chi connectivity index (χ2v) is 8.71. The first-order valence-corrected chi connectivity index (χ1v) is 11.5. The highest BCUT2D eigenvalue weighted by molar-refractivity contribution is 5.79. The van der Waals surface area contributed by atoms with Crippen LogP contribution in [0.5, 0.6) is 0 Å². The van der Waals surface area contributed by atoms with Gasteiger partial charge < -0.3 is 25.2 Å². The second-order valence-electron chi connectivity index (χ2n) is 8.71. The number of fused-ring (bicyclic) bond motifs is 3. The van der Waals surface area contributed by atoms with Crippen LogP contribution in [0.4, 0.5) is 4.79 Å². The lowest BCUT2D eigenvalue weighted by molar-refractivity contribution is -0.138. The Labute approximate surface area is 199 Å². The molecule has 0 saturated carbocycles. The number of carboxylic acids is 1. The lowest BCUT2D eigenvalue weighted by Crippen LogP contribution is -2.35. The van der Waals surface area contributed by atoms with Gasteiger partial charge in [0.15, 0.2) is 0 Å². The molecule has 0 heterocycles. The van der Waals surface area contributed by atoms with E-state index in [1.165, 1.54) is 11.1 Å². The molecule has 1 unspecified atom stereocenters. The van der Waals surface area contributed by atoms with E-state index in [0.717, 1.165) is 11.1 Å². The van der Waals surface area contributed by atoms with Crippen molar-refractivity contribution in [2.45, 2.75) is 26.2 Å². The normalized spacial score (nSPS) is 13.1. The fourth-order valence-corrected chi connectivity index (χ4v) is 4.10. The maximum Gasteiger partial charge on any atom is 0.407 e. The molecule has 2 aromatic rings. The maximum absolute atomic E-state index is 12.1. The number of aliphatic carboxylic acids is 1. The molecule has 0 aromatic heterocycles. The third-order valence-corrected chi connectivity index (χ3v) is 6.03. The van der Waals surface area contributed by atoms with Gasteiger partial charge in [0.25, 0.3) is 0 Å². The Kier molecular flexibility index (Phi) is 9.04. The van der Waals surface area contributed by atoms with Crippen LogP contribution in [0.2, 0.25) is 0 Å². The molecule has 0 spiro atoms. The molecule has 8 nitrogen and oxygen atoms in total. The molecule has 1 aliphatic carbocycles. The summed E-state index contributed by atoms with van der Waals surface area (Å²) in [5, 5.41) is 14.3. The molecule has 0 fully saturated rings. The van der Waals surface area contributed by atoms with Crippen molar-refractivity contribution in [3.05, 3.63) is 59.7 Å². The number of benzene rings is 2. The molecular formula is C26H32N2O6. The van der Waals surface area contributed by atoms with Crippen molar-refractivity contribution in [3.8, 4) is 11.1 Å². The molecule has 2 aromatic carbocycles. The van der Waals surface area contributed by atoms with Crippen LogP contribution in [-0.4, -0.2) is 56.0 Å². The van der Waals surface area contributed by atoms with Gasteiger partial charge in [0.1, 0.15) is 13.2 Å². The number of amides is 2. The van der Waals surface area contributed by atoms with Crippen LogP contribution >= 0.6 is 0 Å². The van der Waals surface area contributed by atoms with Crippen molar-refractivity contribution in [1.82, 2.24) is 10.6 Å². The molecule has 3 N–H and O–H groups in total. The van der Waals surface area contributed by atoms with Crippen molar-refractivity contribution in [2.75, 3.05) is 32.9 Å². The number of hydrogen-bond donors (Lipinski definition) is 3. The van der Waals surface area contributed by atoms with Gasteiger partial charge in [0.2, 0.25) is 5.91 Å². The van der Waals surface area contributed by atoms with Gasteiger partial charge in [-0.1, -0.05) is 62.4 Å². The summed E-state index contributed by atoms with van der Waals surface area (Å²) in [5.74, 6) is -1.22. The lowest BCUT2D eigenvalue weighted by atomic mass is 9.92. The average molecular weight is 469 g/mol. The van der Waals surface area contributed by atoms with Crippen LogP contribution in [0.1, 0.15) is 37.3 Å². The zero-order chi connectivity index (χ0) is 24.5. The average Bonchev–Trinajstić information content (AvgIpc) is 3.13. The zero-order valence-corrected chi connectivity index (χ0v) is 19.6. The minimum absolute atomic E-state index is 0.00284. The highest BCUT2D eigenvalue weighted by Gasteiger charge is 2.28. The Morgan fingerprint density at radius 1 is 0.971 bits per heavy atom. The van der Waals surface area contributed by atoms with Gasteiger partial charge in [-0.25, -0.2) is 4.79 Å². The Morgan fingerprint density at radius 2 is 1.59 bits per heavy atom. The van der Waals surface area contributed by atoms with Crippen molar-refractivity contribution >= 4 is 18.0 Å². The summed E-state index contributed by atoms with van der Waals surface area (Å²) in [6, 6.07) is 16.3. The molecule has 182 valence electrons. The summed E-state index contributed by atoms with van der Waals surface area (Å²) in [7, 11) is 0. The van der Waals surface area contributed by atoms with Gasteiger partial charge in [-0.15, -0.1) is 0 Å². The van der Waals surface area contributed by atoms with E-state index in [1.54, 1.807) is 0 Å². The third-order valence-electron chi connectivity index (χ3n) is 6.03. The number of carboxylic acid groups (broad SMARTS) is 1. The van der Waals surface area contributed by atoms with Crippen LogP contribution in [0.3, 0.4) is 0 Å². The Bertz CT molecular complexity index is 961. The molecule has 34 heavy (non-hydrogen) atoms. The Balaban J connectivity index is 1.34. The maximum atomic E-state index is 12.1. The number of ether oxygens (including phenoxy) is 2. The predicted molar refractivity (Wildman–Crippen MR) is 127 cm³/mol. The van der Waals surface area contributed by atoms with Crippen LogP contribution in [-0.2, 0) is 19.1 Å². The van der Waals surface area contributed by atoms with Crippen molar-refractivity contribution in [2.24, 2.45) is 11.8 Å². The summed E-state index contributed by atoms with van der Waals surface area (Å²) in [6.45, 7) is 4.55. The van der Waals surface area contributed by atoms with E-state index < -0.39 is 12.1 Å². The monoisotopic (exact) mass is 468 g/mol. The van der Waals surface area contributed by atoms with E-state index in [-0.39, 0.29) is 63.0 Å². The molecular weight excluding hydrogens is 436 g/mol. The summed E-state index contributed by atoms with van der Waals surface area (Å²) < 4.78 is 10.7. The molecule has 3 rings (SSSR count). The Morgan fingerprint density at radius 3 is 2.18 bits per heavy atom. The van der Waals surface area contributed by atoms with E-state index in [9.17, 15) is 14.4 Å². The van der Waals surface area contributed by atoms with Gasteiger partial charge in [-0.05, 0) is 34.1 Å². The van der Waals surface area contributed by atoms with Crippen LogP contribution in [0.15, 0.2) is 48.5 Å². The van der Waals surface area contributed by atoms with Gasteiger partial charge in [-0.3, -0.25) is 9.59 Å². The van der Waals surface area contributed by atoms with E-state index in [1.807, 2.05) is 38.1 Å². The van der Waals surface area contributed by atoms with Crippen molar-refractivity contribution in [1.29, 1.82) is 0 Å². The summed E-state index contributed by atoms with van der Waals surface area (Å²) in [6.07, 6.45) is -0.536. The molecule has 1 atom stereocenters. The van der Waals surface area contributed by atoms with Crippen LogP contribution in [0.25, 0.3) is 11.1 Å². The first-order chi connectivity index (χ1) is 16.4. The summed E-state index contributed by atoms with van der Waals surface area (Å²) in [4.78, 5) is 34.9. The molecule has 8 heteroatoms. The number of carbonyl (C=O) groups is 3. The van der Waals surface area contributed by atoms with Gasteiger partial charge in [0.05, 0.1) is 13.0 Å². The smallest absolute Gasteiger partial charge is 0.407 e. The quantitative estimate of drug-likeness (QED) is 0.412. The fourth-order valence-electron chi connectivity index (χ4n) is 4.10. The standard InChI is InChI=1S/C26H32N2O6/c1-17(2)18(13-25(30)31)14-28-24(29)16-33-12-11-27-26(32)34-15-23-21-9-5-3-7-19(21)20-8-4-6-10-22(20)23/h3-10,17-18,23H,11-16H2,1-2H3,(H,27,32)(H,28,29)(H,30,31). The van der Waals surface area contributed by atoms with Gasteiger partial charge >= 0.3 is 12.1 Å². The number of rotatable bonds is 12. The van der Waals surface area contributed by atoms with Crippen molar-refractivity contribution < 1.29 is 29.0 Å². The topological polar surface area (TPSA) is 114 Å². The first-order valence-electron chi connectivity index (χ1n) is 11.5. The zero-order valence-electron chi connectivity index (χ0n) is 19.6. The minimum Gasteiger partial charge on any atom is -0.481 e. The van der Waals surface area contributed by atoms with E-state index in [0.29, 0.717) is 0 Å². The molecule has 0 saturated heterocycles. The molecule has 0 bridgehead atoms. The SMILES string of the molecule is CC(C)C(CNC(=O)COCCNC(=O)OCC1c2ccccc2-c2ccccc21)CC(=O)O. The van der Waals surface area contributed by atoms with Crippen LogP contribution < -0.4 is 10.6 Å². The number of carbonyl (C=O) groups excluding carboxylic acids is 2. The molecule has 0 radical (unpaired) electrons. The van der Waals surface area contributed by atoms with Gasteiger partial charge in [0, 0.05) is 19.0 Å². The first kappa shape index (κ1) is 25.2. The Hall–Kier alpha value is -3.39. The van der Waals surface area contributed by atoms with E-state index >= 15 is 0 Å². The third kappa shape index (κ3) is 6.81. The largest absolute Gasteiger partial charge is 0.481 e. The number of alkyl carbamates (subject to hydrolysis) is 1. The highest BCUT2D eigenvalue weighted by Crippen LogP contribution is 2.44. The predicted octanol–water partition coefficient (Wildman–Crippen LogP) is 3.40. The lowest BCUT2D eigenvalue weighted by Gasteiger charge is -2.19. The highest BCUT2D eigenvalue weighted by atomic mass is 16.5. The van der Waals surface area contributed by atoms with Gasteiger partial charge in [-0.2, -0.15) is 0 Å². The van der Waals surface area contributed by atoms with Crippen molar-refractivity contribution in [3.63, 3.8) is 0 Å². The second kappa shape index (κ2) is 12.2.